The maximum atomic E-state index is 12.2. The molecule has 2 atom stereocenters. The molecule has 1 aliphatic rings. The highest BCUT2D eigenvalue weighted by molar-refractivity contribution is 5.95. The van der Waals surface area contributed by atoms with Gasteiger partial charge in [0.15, 0.2) is 0 Å². The summed E-state index contributed by atoms with van der Waals surface area (Å²) in [6, 6.07) is 7.52. The number of carboxylic acid groups (broad SMARTS) is 1. The third-order valence-corrected chi connectivity index (χ3v) is 3.74. The van der Waals surface area contributed by atoms with Crippen LogP contribution in [0, 0.1) is 18.8 Å². The minimum Gasteiger partial charge on any atom is -0.481 e. The number of benzene rings is 1. The van der Waals surface area contributed by atoms with Crippen LogP contribution in [-0.2, 0) is 9.59 Å². The second-order valence-corrected chi connectivity index (χ2v) is 5.19. The third kappa shape index (κ3) is 3.34. The zero-order valence-corrected chi connectivity index (χ0v) is 11.1. The number of hydrogen-bond donors (Lipinski definition) is 2. The van der Waals surface area contributed by atoms with E-state index >= 15 is 0 Å². The van der Waals surface area contributed by atoms with Crippen molar-refractivity contribution in [1.82, 2.24) is 0 Å². The number of aryl methyl sites for hydroxylation is 1. The molecule has 2 rings (SSSR count). The standard InChI is InChI=1S/C15H19NO3/c1-10-6-8-11(9-7-10)16-14(17)12-4-2-3-5-13(12)15(18)19/h6-9,12-13H,2-5H2,1H3,(H,16,17)(H,18,19)/t12-,13+/m1/s1. The van der Waals surface area contributed by atoms with Gasteiger partial charge in [-0.1, -0.05) is 30.5 Å². The fourth-order valence-electron chi connectivity index (χ4n) is 2.61. The highest BCUT2D eigenvalue weighted by Gasteiger charge is 2.35. The molecular formula is C15H19NO3. The molecular weight excluding hydrogens is 242 g/mol. The monoisotopic (exact) mass is 261 g/mol. The molecule has 1 aromatic rings. The molecule has 102 valence electrons. The van der Waals surface area contributed by atoms with Crippen molar-refractivity contribution < 1.29 is 14.7 Å². The average molecular weight is 261 g/mol. The lowest BCUT2D eigenvalue weighted by atomic mass is 9.78. The summed E-state index contributed by atoms with van der Waals surface area (Å²) in [5.74, 6) is -1.98. The third-order valence-electron chi connectivity index (χ3n) is 3.74. The molecule has 4 nitrogen and oxygen atoms in total. The second kappa shape index (κ2) is 5.87. The lowest BCUT2D eigenvalue weighted by molar-refractivity contribution is -0.147. The van der Waals surface area contributed by atoms with Gasteiger partial charge in [0.2, 0.25) is 5.91 Å². The Morgan fingerprint density at radius 1 is 1.11 bits per heavy atom. The van der Waals surface area contributed by atoms with Crippen LogP contribution < -0.4 is 5.32 Å². The lowest BCUT2D eigenvalue weighted by Gasteiger charge is -2.27. The SMILES string of the molecule is Cc1ccc(NC(=O)[C@@H]2CCCC[C@@H]2C(=O)O)cc1. The van der Waals surface area contributed by atoms with E-state index in [1.54, 1.807) is 0 Å². The first kappa shape index (κ1) is 13.6. The first-order valence-electron chi connectivity index (χ1n) is 6.68. The Bertz CT molecular complexity index is 467. The molecule has 1 aliphatic carbocycles. The Kier molecular flexibility index (Phi) is 4.20. The first-order valence-corrected chi connectivity index (χ1v) is 6.68. The van der Waals surface area contributed by atoms with E-state index in [4.69, 9.17) is 0 Å². The molecule has 0 bridgehead atoms. The molecule has 1 fully saturated rings. The van der Waals surface area contributed by atoms with E-state index in [1.807, 2.05) is 31.2 Å². The number of hydrogen-bond acceptors (Lipinski definition) is 2. The predicted molar refractivity (Wildman–Crippen MR) is 72.9 cm³/mol. The van der Waals surface area contributed by atoms with Crippen LogP contribution in [0.15, 0.2) is 24.3 Å². The molecule has 0 heterocycles. The molecule has 0 radical (unpaired) electrons. The van der Waals surface area contributed by atoms with Crippen LogP contribution in [0.1, 0.15) is 31.2 Å². The van der Waals surface area contributed by atoms with Gasteiger partial charge in [0.05, 0.1) is 11.8 Å². The van der Waals surface area contributed by atoms with Crippen LogP contribution >= 0.6 is 0 Å². The van der Waals surface area contributed by atoms with Crippen LogP contribution in [-0.4, -0.2) is 17.0 Å². The smallest absolute Gasteiger partial charge is 0.307 e. The fourth-order valence-corrected chi connectivity index (χ4v) is 2.61. The summed E-state index contributed by atoms with van der Waals surface area (Å²) in [6.45, 7) is 1.98. The van der Waals surface area contributed by atoms with Gasteiger partial charge in [-0.05, 0) is 31.9 Å². The zero-order valence-electron chi connectivity index (χ0n) is 11.1. The van der Waals surface area contributed by atoms with Crippen LogP contribution in [0.3, 0.4) is 0 Å². The summed E-state index contributed by atoms with van der Waals surface area (Å²) in [5, 5.41) is 12.0. The number of carboxylic acids is 1. The van der Waals surface area contributed by atoms with Gasteiger partial charge in [0, 0.05) is 5.69 Å². The Hall–Kier alpha value is -1.84. The zero-order chi connectivity index (χ0) is 13.8. The maximum absolute atomic E-state index is 12.2. The molecule has 0 saturated heterocycles. The van der Waals surface area contributed by atoms with Gasteiger partial charge in [-0.3, -0.25) is 9.59 Å². The lowest BCUT2D eigenvalue weighted by Crippen LogP contribution is -2.36. The highest BCUT2D eigenvalue weighted by atomic mass is 16.4. The van der Waals surface area contributed by atoms with Crippen LogP contribution in [0.4, 0.5) is 5.69 Å². The summed E-state index contributed by atoms with van der Waals surface area (Å²) in [6.07, 6.45) is 3.08. The molecule has 1 aromatic carbocycles. The van der Waals surface area contributed by atoms with Crippen molar-refractivity contribution in [3.63, 3.8) is 0 Å². The van der Waals surface area contributed by atoms with Gasteiger partial charge in [-0.2, -0.15) is 0 Å². The summed E-state index contributed by atoms with van der Waals surface area (Å²) in [7, 11) is 0. The molecule has 2 N–H and O–H groups in total. The number of rotatable bonds is 3. The Morgan fingerprint density at radius 3 is 2.26 bits per heavy atom. The molecule has 0 aromatic heterocycles. The predicted octanol–water partition coefficient (Wildman–Crippen LogP) is 2.82. The second-order valence-electron chi connectivity index (χ2n) is 5.19. The first-order chi connectivity index (χ1) is 9.08. The minimum atomic E-state index is -0.858. The van der Waals surface area contributed by atoms with Crippen molar-refractivity contribution in [2.75, 3.05) is 5.32 Å². The number of aliphatic carboxylic acids is 1. The van der Waals surface area contributed by atoms with Crippen LogP contribution in [0.25, 0.3) is 0 Å². The van der Waals surface area contributed by atoms with E-state index in [-0.39, 0.29) is 5.91 Å². The number of amides is 1. The summed E-state index contributed by atoms with van der Waals surface area (Å²) < 4.78 is 0. The summed E-state index contributed by atoms with van der Waals surface area (Å²) >= 11 is 0. The Labute approximate surface area is 112 Å². The Morgan fingerprint density at radius 2 is 1.68 bits per heavy atom. The highest BCUT2D eigenvalue weighted by Crippen LogP contribution is 2.31. The molecule has 0 unspecified atom stereocenters. The molecule has 19 heavy (non-hydrogen) atoms. The van der Waals surface area contributed by atoms with Gasteiger partial charge in [-0.25, -0.2) is 0 Å². The van der Waals surface area contributed by atoms with Gasteiger partial charge >= 0.3 is 5.97 Å². The number of nitrogens with one attached hydrogen (secondary N) is 1. The summed E-state index contributed by atoms with van der Waals surface area (Å²) in [4.78, 5) is 23.4. The van der Waals surface area contributed by atoms with E-state index in [0.29, 0.717) is 12.8 Å². The fraction of sp³-hybridized carbons (Fsp3) is 0.467. The molecule has 1 saturated carbocycles. The van der Waals surface area contributed by atoms with Crippen molar-refractivity contribution >= 4 is 17.6 Å². The topological polar surface area (TPSA) is 66.4 Å². The van der Waals surface area contributed by atoms with Crippen molar-refractivity contribution in [1.29, 1.82) is 0 Å². The van der Waals surface area contributed by atoms with Gasteiger partial charge in [0.1, 0.15) is 0 Å². The largest absolute Gasteiger partial charge is 0.481 e. The molecule has 4 heteroatoms. The van der Waals surface area contributed by atoms with Crippen molar-refractivity contribution in [3.8, 4) is 0 Å². The Balaban J connectivity index is 2.05. The molecule has 0 aliphatic heterocycles. The molecule has 0 spiro atoms. The van der Waals surface area contributed by atoms with E-state index in [0.717, 1.165) is 24.1 Å². The van der Waals surface area contributed by atoms with Crippen molar-refractivity contribution in [2.24, 2.45) is 11.8 Å². The van der Waals surface area contributed by atoms with Crippen LogP contribution in [0.5, 0.6) is 0 Å². The quantitative estimate of drug-likeness (QED) is 0.879. The maximum Gasteiger partial charge on any atom is 0.307 e. The van der Waals surface area contributed by atoms with Crippen molar-refractivity contribution in [2.45, 2.75) is 32.6 Å². The van der Waals surface area contributed by atoms with Gasteiger partial charge < -0.3 is 10.4 Å². The summed E-state index contributed by atoms with van der Waals surface area (Å²) in [5.41, 5.74) is 1.85. The number of carbonyl (C=O) groups excluding carboxylic acids is 1. The van der Waals surface area contributed by atoms with Crippen molar-refractivity contribution in [3.05, 3.63) is 29.8 Å². The van der Waals surface area contributed by atoms with Crippen LogP contribution in [0.2, 0.25) is 0 Å². The van der Waals surface area contributed by atoms with E-state index in [1.165, 1.54) is 0 Å². The minimum absolute atomic E-state index is 0.170. The van der Waals surface area contributed by atoms with Gasteiger partial charge in [-0.15, -0.1) is 0 Å². The number of anilines is 1. The average Bonchev–Trinajstić information content (AvgIpc) is 2.41. The van der Waals surface area contributed by atoms with E-state index in [2.05, 4.69) is 5.32 Å². The van der Waals surface area contributed by atoms with E-state index in [9.17, 15) is 14.7 Å². The molecule has 1 amide bonds. The normalized spacial score (nSPS) is 22.8. The number of carbonyl (C=O) groups is 2. The van der Waals surface area contributed by atoms with Gasteiger partial charge in [0.25, 0.3) is 0 Å². The van der Waals surface area contributed by atoms with E-state index < -0.39 is 17.8 Å².